The molecule has 3 fully saturated rings. The summed E-state index contributed by atoms with van der Waals surface area (Å²) in [6.45, 7) is 6.12. The Morgan fingerprint density at radius 2 is 2.07 bits per heavy atom. The summed E-state index contributed by atoms with van der Waals surface area (Å²) in [5.74, 6) is 1.42. The number of aliphatic hydroxyl groups is 2. The van der Waals surface area contributed by atoms with Crippen molar-refractivity contribution in [3.63, 3.8) is 0 Å². The highest BCUT2D eigenvalue weighted by atomic mass is 16.5. The fourth-order valence-corrected chi connectivity index (χ4v) is 5.99. The number of methoxy groups -OCH3 is 1. The van der Waals surface area contributed by atoms with Crippen LogP contribution in [-0.2, 0) is 10.2 Å². The SMILES string of the molecule is COc1ccc(C)c(C23CCN(CC4CC4)C(C)C2(O)C[C@H](CCO)C(=O)C3)c1. The van der Waals surface area contributed by atoms with E-state index in [-0.39, 0.29) is 24.3 Å². The second-order valence-corrected chi connectivity index (χ2v) is 9.61. The molecule has 4 atom stereocenters. The van der Waals surface area contributed by atoms with Crippen LogP contribution in [0.2, 0.25) is 0 Å². The number of carbonyl (C=O) groups is 1. The van der Waals surface area contributed by atoms with Gasteiger partial charge < -0.3 is 14.9 Å². The topological polar surface area (TPSA) is 70.0 Å². The summed E-state index contributed by atoms with van der Waals surface area (Å²) in [5, 5.41) is 21.8. The Labute approximate surface area is 174 Å². The number of nitrogens with zero attached hydrogens (tertiary/aromatic N) is 1. The van der Waals surface area contributed by atoms with Gasteiger partial charge in [-0.2, -0.15) is 0 Å². The Morgan fingerprint density at radius 3 is 2.72 bits per heavy atom. The number of ketones is 1. The molecule has 3 aliphatic rings. The molecule has 2 saturated carbocycles. The smallest absolute Gasteiger partial charge is 0.137 e. The normalized spacial score (nSPS) is 35.4. The number of hydrogen-bond acceptors (Lipinski definition) is 5. The van der Waals surface area contributed by atoms with E-state index in [4.69, 9.17) is 4.74 Å². The number of piperidine rings is 1. The third-order valence-electron chi connectivity index (χ3n) is 8.01. The summed E-state index contributed by atoms with van der Waals surface area (Å²) >= 11 is 0. The van der Waals surface area contributed by atoms with Gasteiger partial charge in [0.05, 0.1) is 12.7 Å². The molecular formula is C24H35NO4. The number of fused-ring (bicyclic) bond motifs is 1. The van der Waals surface area contributed by atoms with Gasteiger partial charge in [0.25, 0.3) is 0 Å². The predicted octanol–water partition coefficient (Wildman–Crippen LogP) is 2.84. The Bertz CT molecular complexity index is 776. The summed E-state index contributed by atoms with van der Waals surface area (Å²) in [7, 11) is 1.66. The van der Waals surface area contributed by atoms with Gasteiger partial charge in [0.2, 0.25) is 0 Å². The molecule has 29 heavy (non-hydrogen) atoms. The van der Waals surface area contributed by atoms with Crippen LogP contribution in [0.5, 0.6) is 5.75 Å². The van der Waals surface area contributed by atoms with Crippen LogP contribution in [0.25, 0.3) is 0 Å². The quantitative estimate of drug-likeness (QED) is 0.767. The minimum atomic E-state index is -1.01. The molecule has 0 amide bonds. The van der Waals surface area contributed by atoms with E-state index >= 15 is 0 Å². The summed E-state index contributed by atoms with van der Waals surface area (Å²) in [4.78, 5) is 15.6. The van der Waals surface area contributed by atoms with Crippen LogP contribution in [0.1, 0.15) is 56.6 Å². The maximum absolute atomic E-state index is 13.1. The van der Waals surface area contributed by atoms with Crippen LogP contribution < -0.4 is 4.74 Å². The number of Topliss-reactive ketones (excluding diaryl/α,β-unsaturated/α-hetero) is 1. The van der Waals surface area contributed by atoms with Gasteiger partial charge in [-0.3, -0.25) is 9.69 Å². The van der Waals surface area contributed by atoms with Crippen molar-refractivity contribution in [3.05, 3.63) is 29.3 Å². The van der Waals surface area contributed by atoms with Crippen molar-refractivity contribution in [2.24, 2.45) is 11.8 Å². The third kappa shape index (κ3) is 3.41. The van der Waals surface area contributed by atoms with Crippen molar-refractivity contribution < 1.29 is 19.7 Å². The fourth-order valence-electron chi connectivity index (χ4n) is 5.99. The van der Waals surface area contributed by atoms with Gasteiger partial charge in [0.15, 0.2) is 0 Å². The molecule has 1 aliphatic heterocycles. The molecule has 1 aromatic carbocycles. The van der Waals surface area contributed by atoms with Gasteiger partial charge in [-0.25, -0.2) is 0 Å². The number of benzene rings is 1. The lowest BCUT2D eigenvalue weighted by molar-refractivity contribution is -0.175. The maximum atomic E-state index is 13.1. The van der Waals surface area contributed by atoms with Crippen molar-refractivity contribution in [1.29, 1.82) is 0 Å². The third-order valence-corrected chi connectivity index (χ3v) is 8.01. The highest BCUT2D eigenvalue weighted by Crippen LogP contribution is 2.56. The summed E-state index contributed by atoms with van der Waals surface area (Å²) in [6, 6.07) is 5.98. The van der Waals surface area contributed by atoms with E-state index in [2.05, 4.69) is 18.7 Å². The van der Waals surface area contributed by atoms with E-state index in [0.29, 0.717) is 19.3 Å². The van der Waals surface area contributed by atoms with Crippen molar-refractivity contribution in [3.8, 4) is 5.75 Å². The number of aliphatic hydroxyl groups excluding tert-OH is 1. The van der Waals surface area contributed by atoms with Gasteiger partial charge >= 0.3 is 0 Å². The summed E-state index contributed by atoms with van der Waals surface area (Å²) < 4.78 is 5.50. The summed E-state index contributed by atoms with van der Waals surface area (Å²) in [5.41, 5.74) is 0.535. The first-order valence-electron chi connectivity index (χ1n) is 11.1. The van der Waals surface area contributed by atoms with E-state index in [9.17, 15) is 15.0 Å². The molecule has 1 saturated heterocycles. The van der Waals surface area contributed by atoms with Crippen molar-refractivity contribution >= 4 is 5.78 Å². The molecule has 5 nitrogen and oxygen atoms in total. The number of likely N-dealkylation sites (tertiary alicyclic amines) is 1. The molecule has 0 radical (unpaired) electrons. The Hall–Kier alpha value is -1.43. The molecule has 3 unspecified atom stereocenters. The molecule has 1 heterocycles. The number of ether oxygens (including phenoxy) is 1. The average molecular weight is 402 g/mol. The molecule has 2 N–H and O–H groups in total. The minimum Gasteiger partial charge on any atom is -0.497 e. The maximum Gasteiger partial charge on any atom is 0.137 e. The standard InChI is InChI=1S/C24H35NO4/c1-16-4-7-20(29-3)12-21(16)23-9-10-25(15-18-5-6-18)17(2)24(23,28)13-19(8-11-26)22(27)14-23/h4,7,12,17-19,26,28H,5-6,8-11,13-15H2,1-3H3/t17?,19-,23?,24?/m0/s1. The summed E-state index contributed by atoms with van der Waals surface area (Å²) in [6.07, 6.45) is 4.53. The van der Waals surface area contributed by atoms with Crippen LogP contribution >= 0.6 is 0 Å². The van der Waals surface area contributed by atoms with Gasteiger partial charge in [-0.05, 0) is 81.7 Å². The lowest BCUT2D eigenvalue weighted by Crippen LogP contribution is -2.71. The first-order valence-corrected chi connectivity index (χ1v) is 11.1. The van der Waals surface area contributed by atoms with Gasteiger partial charge in [-0.1, -0.05) is 6.07 Å². The highest BCUT2D eigenvalue weighted by molar-refractivity contribution is 5.84. The van der Waals surface area contributed by atoms with Crippen LogP contribution in [0, 0.1) is 18.8 Å². The van der Waals surface area contributed by atoms with Crippen molar-refractivity contribution in [2.45, 2.75) is 69.4 Å². The van der Waals surface area contributed by atoms with Crippen LogP contribution in [0.4, 0.5) is 0 Å². The number of aryl methyl sites for hydroxylation is 1. The van der Waals surface area contributed by atoms with E-state index < -0.39 is 11.0 Å². The second-order valence-electron chi connectivity index (χ2n) is 9.61. The van der Waals surface area contributed by atoms with E-state index in [0.717, 1.165) is 42.3 Å². The highest BCUT2D eigenvalue weighted by Gasteiger charge is 2.63. The van der Waals surface area contributed by atoms with Crippen LogP contribution in [0.3, 0.4) is 0 Å². The number of rotatable bonds is 6. The molecule has 5 heteroatoms. The van der Waals surface area contributed by atoms with Crippen molar-refractivity contribution in [1.82, 2.24) is 4.90 Å². The lowest BCUT2D eigenvalue weighted by atomic mass is 9.51. The lowest BCUT2D eigenvalue weighted by Gasteiger charge is -2.61. The van der Waals surface area contributed by atoms with Gasteiger partial charge in [0, 0.05) is 36.9 Å². The second kappa shape index (κ2) is 7.68. The van der Waals surface area contributed by atoms with Crippen LogP contribution in [0.15, 0.2) is 18.2 Å². The molecular weight excluding hydrogens is 366 g/mol. The zero-order valence-corrected chi connectivity index (χ0v) is 18.0. The first-order chi connectivity index (χ1) is 13.8. The zero-order chi connectivity index (χ0) is 20.8. The number of carbonyl (C=O) groups excluding carboxylic acids is 1. The Morgan fingerprint density at radius 1 is 1.31 bits per heavy atom. The minimum absolute atomic E-state index is 0.0160. The van der Waals surface area contributed by atoms with Crippen LogP contribution in [-0.4, -0.2) is 59.3 Å². The zero-order valence-electron chi connectivity index (χ0n) is 18.0. The molecule has 0 bridgehead atoms. The molecule has 1 aromatic rings. The van der Waals surface area contributed by atoms with Gasteiger partial charge in [0.1, 0.15) is 11.5 Å². The average Bonchev–Trinajstić information content (AvgIpc) is 3.52. The molecule has 2 aliphatic carbocycles. The Kier molecular flexibility index (Phi) is 5.51. The monoisotopic (exact) mass is 401 g/mol. The van der Waals surface area contributed by atoms with E-state index in [1.807, 2.05) is 18.2 Å². The molecule has 4 rings (SSSR count). The first kappa shape index (κ1) is 20.8. The number of hydrogen-bond donors (Lipinski definition) is 2. The Balaban J connectivity index is 1.79. The van der Waals surface area contributed by atoms with Gasteiger partial charge in [-0.15, -0.1) is 0 Å². The van der Waals surface area contributed by atoms with E-state index in [1.54, 1.807) is 7.11 Å². The molecule has 0 aromatic heterocycles. The predicted molar refractivity (Wildman–Crippen MR) is 112 cm³/mol. The molecule has 0 spiro atoms. The van der Waals surface area contributed by atoms with E-state index in [1.165, 1.54) is 12.8 Å². The largest absolute Gasteiger partial charge is 0.497 e. The molecule has 160 valence electrons. The fraction of sp³-hybridized carbons (Fsp3) is 0.708. The van der Waals surface area contributed by atoms with Crippen molar-refractivity contribution in [2.75, 3.05) is 26.8 Å².